The number of nitrogens with zero attached hydrogens (tertiary/aromatic N) is 1. The number of methoxy groups -OCH3 is 1. The molecule has 1 unspecified atom stereocenters. The molecule has 0 bridgehead atoms. The lowest BCUT2D eigenvalue weighted by Gasteiger charge is -2.25. The van der Waals surface area contributed by atoms with Crippen LogP contribution < -0.4 is 10.6 Å². The van der Waals surface area contributed by atoms with Crippen molar-refractivity contribution in [3.05, 3.63) is 34.9 Å². The Labute approximate surface area is 126 Å². The van der Waals surface area contributed by atoms with E-state index in [1.807, 2.05) is 24.3 Å². The maximum Gasteiger partial charge on any atom is 0.191 e. The van der Waals surface area contributed by atoms with Crippen LogP contribution in [0.15, 0.2) is 29.3 Å². The van der Waals surface area contributed by atoms with Crippen molar-refractivity contribution >= 4 is 17.6 Å². The largest absolute Gasteiger partial charge is 0.375 e. The third kappa shape index (κ3) is 5.80. The number of nitrogens with one attached hydrogen (secondary N) is 2. The molecule has 0 saturated heterocycles. The van der Waals surface area contributed by atoms with Gasteiger partial charge in [0.25, 0.3) is 0 Å². The van der Waals surface area contributed by atoms with Crippen LogP contribution in [0.5, 0.6) is 0 Å². The summed E-state index contributed by atoms with van der Waals surface area (Å²) in [5.74, 6) is 0.751. The zero-order chi connectivity index (χ0) is 15.2. The highest BCUT2D eigenvalue weighted by Crippen LogP contribution is 2.19. The van der Waals surface area contributed by atoms with Crippen LogP contribution in [0.25, 0.3) is 0 Å². The number of rotatable bonds is 4. The SMILES string of the molecule is CN=C(NCC(OC)c1cccc(Cl)c1)NC(C)(C)C. The van der Waals surface area contributed by atoms with Crippen molar-refractivity contribution in [1.82, 2.24) is 10.6 Å². The first-order valence-electron chi connectivity index (χ1n) is 6.63. The zero-order valence-electron chi connectivity index (χ0n) is 12.8. The van der Waals surface area contributed by atoms with Gasteiger partial charge in [0.2, 0.25) is 0 Å². The maximum atomic E-state index is 6.01. The summed E-state index contributed by atoms with van der Waals surface area (Å²) in [6, 6.07) is 7.69. The molecule has 0 radical (unpaired) electrons. The fourth-order valence-corrected chi connectivity index (χ4v) is 1.97. The van der Waals surface area contributed by atoms with Gasteiger partial charge in [0.05, 0.1) is 6.10 Å². The smallest absolute Gasteiger partial charge is 0.191 e. The van der Waals surface area contributed by atoms with E-state index in [4.69, 9.17) is 16.3 Å². The summed E-state index contributed by atoms with van der Waals surface area (Å²) < 4.78 is 5.51. The van der Waals surface area contributed by atoms with E-state index in [1.54, 1.807) is 14.2 Å². The molecular weight excluding hydrogens is 274 g/mol. The molecule has 1 atom stereocenters. The van der Waals surface area contributed by atoms with Crippen LogP contribution in [-0.4, -0.2) is 32.2 Å². The van der Waals surface area contributed by atoms with Gasteiger partial charge in [-0.25, -0.2) is 0 Å². The fourth-order valence-electron chi connectivity index (χ4n) is 1.77. The second-order valence-electron chi connectivity index (χ2n) is 5.61. The Bertz CT molecular complexity index is 455. The van der Waals surface area contributed by atoms with Crippen molar-refractivity contribution in [2.45, 2.75) is 32.4 Å². The van der Waals surface area contributed by atoms with Crippen molar-refractivity contribution in [2.24, 2.45) is 4.99 Å². The van der Waals surface area contributed by atoms with E-state index in [0.29, 0.717) is 11.6 Å². The highest BCUT2D eigenvalue weighted by molar-refractivity contribution is 6.30. The quantitative estimate of drug-likeness (QED) is 0.663. The molecule has 4 nitrogen and oxygen atoms in total. The number of benzene rings is 1. The van der Waals surface area contributed by atoms with Gasteiger partial charge >= 0.3 is 0 Å². The number of halogens is 1. The minimum absolute atomic E-state index is 0.0412. The van der Waals surface area contributed by atoms with E-state index >= 15 is 0 Å². The monoisotopic (exact) mass is 297 g/mol. The molecule has 112 valence electrons. The predicted octanol–water partition coefficient (Wildman–Crippen LogP) is 2.99. The third-order valence-corrected chi connectivity index (χ3v) is 2.91. The van der Waals surface area contributed by atoms with Crippen molar-refractivity contribution < 1.29 is 4.74 Å². The molecule has 0 fully saturated rings. The zero-order valence-corrected chi connectivity index (χ0v) is 13.6. The molecule has 1 rings (SSSR count). The van der Waals surface area contributed by atoms with Crippen LogP contribution in [-0.2, 0) is 4.74 Å². The van der Waals surface area contributed by atoms with Gasteiger partial charge in [0.15, 0.2) is 5.96 Å². The van der Waals surface area contributed by atoms with Gasteiger partial charge in [-0.2, -0.15) is 0 Å². The Kier molecular flexibility index (Phi) is 6.30. The molecule has 0 aliphatic heterocycles. The van der Waals surface area contributed by atoms with Crippen LogP contribution >= 0.6 is 11.6 Å². The molecular formula is C15H24ClN3O. The van der Waals surface area contributed by atoms with Crippen molar-refractivity contribution in [2.75, 3.05) is 20.7 Å². The predicted molar refractivity (Wildman–Crippen MR) is 85.5 cm³/mol. The van der Waals surface area contributed by atoms with E-state index in [-0.39, 0.29) is 11.6 Å². The number of hydrogen-bond acceptors (Lipinski definition) is 2. The van der Waals surface area contributed by atoms with Gasteiger partial charge in [0, 0.05) is 31.3 Å². The first kappa shape index (κ1) is 16.8. The van der Waals surface area contributed by atoms with Crippen LogP contribution in [0.3, 0.4) is 0 Å². The second-order valence-corrected chi connectivity index (χ2v) is 6.04. The van der Waals surface area contributed by atoms with Gasteiger partial charge in [0.1, 0.15) is 0 Å². The van der Waals surface area contributed by atoms with E-state index < -0.39 is 0 Å². The normalized spacial score (nSPS) is 14.0. The Morgan fingerprint density at radius 2 is 2.10 bits per heavy atom. The van der Waals surface area contributed by atoms with E-state index in [2.05, 4.69) is 36.4 Å². The molecule has 0 aliphatic carbocycles. The molecule has 0 heterocycles. The Morgan fingerprint density at radius 3 is 2.60 bits per heavy atom. The van der Waals surface area contributed by atoms with Gasteiger partial charge in [-0.15, -0.1) is 0 Å². The lowest BCUT2D eigenvalue weighted by atomic mass is 10.1. The molecule has 1 aromatic carbocycles. The van der Waals surface area contributed by atoms with E-state index in [0.717, 1.165) is 11.5 Å². The first-order chi connectivity index (χ1) is 9.35. The van der Waals surface area contributed by atoms with E-state index in [9.17, 15) is 0 Å². The molecule has 0 aromatic heterocycles. The second kappa shape index (κ2) is 7.50. The molecule has 0 saturated carbocycles. The average Bonchev–Trinajstić information content (AvgIpc) is 2.36. The standard InChI is InChI=1S/C15H24ClN3O/c1-15(2,3)19-14(17-4)18-10-13(20-5)11-7-6-8-12(16)9-11/h6-9,13H,10H2,1-5H3,(H2,17,18,19). The summed E-state index contributed by atoms with van der Waals surface area (Å²) in [5, 5.41) is 7.28. The average molecular weight is 298 g/mol. The lowest BCUT2D eigenvalue weighted by Crippen LogP contribution is -2.48. The summed E-state index contributed by atoms with van der Waals surface area (Å²) in [6.07, 6.45) is -0.0766. The lowest BCUT2D eigenvalue weighted by molar-refractivity contribution is 0.106. The van der Waals surface area contributed by atoms with Crippen molar-refractivity contribution in [3.63, 3.8) is 0 Å². The van der Waals surface area contributed by atoms with Crippen LogP contribution in [0.4, 0.5) is 0 Å². The number of ether oxygens (including phenoxy) is 1. The van der Waals surface area contributed by atoms with Gasteiger partial charge in [-0.3, -0.25) is 4.99 Å². The third-order valence-electron chi connectivity index (χ3n) is 2.68. The Hall–Kier alpha value is -1.26. The maximum absolute atomic E-state index is 6.01. The Morgan fingerprint density at radius 1 is 1.40 bits per heavy atom. The summed E-state index contributed by atoms with van der Waals surface area (Å²) in [4.78, 5) is 4.20. The first-order valence-corrected chi connectivity index (χ1v) is 7.00. The van der Waals surface area contributed by atoms with Crippen LogP contribution in [0.1, 0.15) is 32.4 Å². The molecule has 0 spiro atoms. The topological polar surface area (TPSA) is 45.7 Å². The van der Waals surface area contributed by atoms with E-state index in [1.165, 1.54) is 0 Å². The summed E-state index contributed by atoms with van der Waals surface area (Å²) in [7, 11) is 3.44. The van der Waals surface area contributed by atoms with Crippen molar-refractivity contribution in [3.8, 4) is 0 Å². The molecule has 5 heteroatoms. The molecule has 0 amide bonds. The van der Waals surface area contributed by atoms with Crippen LogP contribution in [0, 0.1) is 0 Å². The number of hydrogen-bond donors (Lipinski definition) is 2. The molecule has 20 heavy (non-hydrogen) atoms. The number of aliphatic imine (C=N–C) groups is 1. The Balaban J connectivity index is 2.65. The number of guanidine groups is 1. The fraction of sp³-hybridized carbons (Fsp3) is 0.533. The molecule has 1 aromatic rings. The minimum atomic E-state index is -0.0766. The summed E-state index contributed by atoms with van der Waals surface area (Å²) in [5.41, 5.74) is 0.999. The molecule has 2 N–H and O–H groups in total. The minimum Gasteiger partial charge on any atom is -0.375 e. The van der Waals surface area contributed by atoms with Gasteiger partial charge < -0.3 is 15.4 Å². The highest BCUT2D eigenvalue weighted by Gasteiger charge is 2.15. The van der Waals surface area contributed by atoms with Crippen LogP contribution in [0.2, 0.25) is 5.02 Å². The summed E-state index contributed by atoms with van der Waals surface area (Å²) in [6.45, 7) is 6.88. The van der Waals surface area contributed by atoms with Crippen molar-refractivity contribution in [1.29, 1.82) is 0 Å². The summed E-state index contributed by atoms with van der Waals surface area (Å²) >= 11 is 6.01. The van der Waals surface area contributed by atoms with Gasteiger partial charge in [-0.05, 0) is 38.5 Å². The van der Waals surface area contributed by atoms with Gasteiger partial charge in [-0.1, -0.05) is 23.7 Å². The highest BCUT2D eigenvalue weighted by atomic mass is 35.5. The molecule has 0 aliphatic rings.